The molecule has 0 aliphatic rings. The van der Waals surface area contributed by atoms with Crippen LogP contribution in [0.5, 0.6) is 5.75 Å². The minimum Gasteiger partial charge on any atom is -0.479 e. The number of benzene rings is 1. The number of hydrogen-bond donors (Lipinski definition) is 1. The second-order valence-electron chi connectivity index (χ2n) is 4.78. The first-order valence-electron chi connectivity index (χ1n) is 6.66. The number of rotatable bonds is 9. The Morgan fingerprint density at radius 2 is 1.95 bits per heavy atom. The summed E-state index contributed by atoms with van der Waals surface area (Å²) in [7, 11) is 4.20. The summed E-state index contributed by atoms with van der Waals surface area (Å²) in [6.45, 7) is 3.16. The van der Waals surface area contributed by atoms with E-state index in [1.807, 2.05) is 30.3 Å². The van der Waals surface area contributed by atoms with E-state index < -0.39 is 0 Å². The third-order valence-electron chi connectivity index (χ3n) is 2.76. The molecule has 1 aromatic rings. The number of hydrogen-bond acceptors (Lipinski definition) is 4. The van der Waals surface area contributed by atoms with Gasteiger partial charge in [0.1, 0.15) is 11.8 Å². The topological polar surface area (TPSA) is 48.3 Å². The van der Waals surface area contributed by atoms with Gasteiger partial charge in [0.2, 0.25) is 0 Å². The van der Waals surface area contributed by atoms with Gasteiger partial charge in [0.25, 0.3) is 0 Å². The van der Waals surface area contributed by atoms with E-state index in [2.05, 4.69) is 24.3 Å². The zero-order chi connectivity index (χ0) is 13.9. The Kier molecular flexibility index (Phi) is 7.64. The van der Waals surface area contributed by atoms with Crippen LogP contribution < -0.4 is 10.1 Å². The standard InChI is InChI=1S/C15H23N3O/c1-18(2)11-4-3-10-17-13-14-5-7-15(8-6-14)19-12-9-16/h5-8,17H,3-4,10-13H2,1-2H3. The molecule has 0 amide bonds. The predicted octanol–water partition coefficient (Wildman–Crippen LogP) is 2.02. The van der Waals surface area contributed by atoms with Gasteiger partial charge in [-0.1, -0.05) is 12.1 Å². The van der Waals surface area contributed by atoms with Crippen molar-refractivity contribution in [3.8, 4) is 11.8 Å². The van der Waals surface area contributed by atoms with Crippen molar-refractivity contribution in [3.63, 3.8) is 0 Å². The molecule has 0 aliphatic heterocycles. The lowest BCUT2D eigenvalue weighted by atomic mass is 10.2. The largest absolute Gasteiger partial charge is 0.479 e. The zero-order valence-electron chi connectivity index (χ0n) is 11.9. The van der Waals surface area contributed by atoms with Gasteiger partial charge in [-0.15, -0.1) is 0 Å². The summed E-state index contributed by atoms with van der Waals surface area (Å²) < 4.78 is 5.20. The summed E-state index contributed by atoms with van der Waals surface area (Å²) in [5, 5.41) is 11.8. The second kappa shape index (κ2) is 9.37. The van der Waals surface area contributed by atoms with Crippen LogP contribution in [0.15, 0.2) is 24.3 Å². The average Bonchev–Trinajstić information content (AvgIpc) is 2.41. The predicted molar refractivity (Wildman–Crippen MR) is 77.0 cm³/mol. The molecule has 19 heavy (non-hydrogen) atoms. The van der Waals surface area contributed by atoms with Gasteiger partial charge in [-0.2, -0.15) is 5.26 Å². The molecule has 0 atom stereocenters. The molecule has 104 valence electrons. The van der Waals surface area contributed by atoms with Gasteiger partial charge in [-0.25, -0.2) is 0 Å². The van der Waals surface area contributed by atoms with E-state index >= 15 is 0 Å². The Balaban J connectivity index is 2.14. The highest BCUT2D eigenvalue weighted by Gasteiger charge is 1.96. The minimum absolute atomic E-state index is 0.101. The lowest BCUT2D eigenvalue weighted by Gasteiger charge is -2.09. The van der Waals surface area contributed by atoms with Crippen molar-refractivity contribution < 1.29 is 4.74 Å². The molecule has 0 saturated heterocycles. The molecule has 0 bridgehead atoms. The maximum atomic E-state index is 8.42. The van der Waals surface area contributed by atoms with Crippen molar-refractivity contribution in [2.45, 2.75) is 19.4 Å². The van der Waals surface area contributed by atoms with E-state index in [1.165, 1.54) is 18.4 Å². The fourth-order valence-electron chi connectivity index (χ4n) is 1.73. The van der Waals surface area contributed by atoms with E-state index in [0.29, 0.717) is 0 Å². The molecule has 1 N–H and O–H groups in total. The Labute approximate surface area is 116 Å². The zero-order valence-corrected chi connectivity index (χ0v) is 11.9. The average molecular weight is 261 g/mol. The lowest BCUT2D eigenvalue weighted by molar-refractivity contribution is 0.368. The first-order valence-corrected chi connectivity index (χ1v) is 6.66. The smallest absolute Gasteiger partial charge is 0.174 e. The Bertz CT molecular complexity index is 381. The van der Waals surface area contributed by atoms with Crippen molar-refractivity contribution in [1.29, 1.82) is 5.26 Å². The fourth-order valence-corrected chi connectivity index (χ4v) is 1.73. The van der Waals surface area contributed by atoms with Crippen molar-refractivity contribution in [3.05, 3.63) is 29.8 Å². The molecule has 1 rings (SSSR count). The quantitative estimate of drug-likeness (QED) is 0.691. The minimum atomic E-state index is 0.101. The van der Waals surface area contributed by atoms with Crippen LogP contribution in [0, 0.1) is 11.3 Å². The highest BCUT2D eigenvalue weighted by Crippen LogP contribution is 2.11. The summed E-state index contributed by atoms with van der Waals surface area (Å²) in [5.74, 6) is 0.747. The van der Waals surface area contributed by atoms with Crippen LogP contribution in [0.3, 0.4) is 0 Å². The molecule has 0 aromatic heterocycles. The fraction of sp³-hybridized carbons (Fsp3) is 0.533. The first kappa shape index (κ1) is 15.5. The van der Waals surface area contributed by atoms with Crippen LogP contribution >= 0.6 is 0 Å². The third-order valence-corrected chi connectivity index (χ3v) is 2.76. The van der Waals surface area contributed by atoms with Gasteiger partial charge in [-0.05, 0) is 57.7 Å². The molecular weight excluding hydrogens is 238 g/mol. The van der Waals surface area contributed by atoms with Crippen molar-refractivity contribution >= 4 is 0 Å². The number of unbranched alkanes of at least 4 members (excludes halogenated alkanes) is 1. The van der Waals surface area contributed by atoms with Gasteiger partial charge < -0.3 is 15.0 Å². The van der Waals surface area contributed by atoms with Gasteiger partial charge >= 0.3 is 0 Å². The molecule has 4 heteroatoms. The van der Waals surface area contributed by atoms with Gasteiger partial charge in [0.15, 0.2) is 6.61 Å². The van der Waals surface area contributed by atoms with Crippen LogP contribution in [0.2, 0.25) is 0 Å². The summed E-state index contributed by atoms with van der Waals surface area (Å²) in [5.41, 5.74) is 1.23. The molecular formula is C15H23N3O. The Morgan fingerprint density at radius 3 is 2.58 bits per heavy atom. The van der Waals surface area contributed by atoms with E-state index in [0.717, 1.165) is 25.4 Å². The lowest BCUT2D eigenvalue weighted by Crippen LogP contribution is -2.18. The van der Waals surface area contributed by atoms with Crippen molar-refractivity contribution in [1.82, 2.24) is 10.2 Å². The van der Waals surface area contributed by atoms with E-state index in [9.17, 15) is 0 Å². The number of ether oxygens (including phenoxy) is 1. The van der Waals surface area contributed by atoms with Gasteiger partial charge in [0, 0.05) is 6.54 Å². The summed E-state index contributed by atoms with van der Waals surface area (Å²) in [4.78, 5) is 2.21. The van der Waals surface area contributed by atoms with Crippen molar-refractivity contribution in [2.24, 2.45) is 0 Å². The maximum absolute atomic E-state index is 8.42. The van der Waals surface area contributed by atoms with Gasteiger partial charge in [0.05, 0.1) is 0 Å². The monoisotopic (exact) mass is 261 g/mol. The third kappa shape index (κ3) is 7.45. The van der Waals surface area contributed by atoms with E-state index in [-0.39, 0.29) is 6.61 Å². The summed E-state index contributed by atoms with van der Waals surface area (Å²) in [6, 6.07) is 9.82. The molecule has 4 nitrogen and oxygen atoms in total. The van der Waals surface area contributed by atoms with Crippen LogP contribution in [0.4, 0.5) is 0 Å². The highest BCUT2D eigenvalue weighted by atomic mass is 16.5. The normalized spacial score (nSPS) is 10.4. The molecule has 0 radical (unpaired) electrons. The summed E-state index contributed by atoms with van der Waals surface area (Å²) in [6.07, 6.45) is 2.42. The molecule has 0 spiro atoms. The Morgan fingerprint density at radius 1 is 1.21 bits per heavy atom. The first-order chi connectivity index (χ1) is 9.22. The number of nitrogens with one attached hydrogen (secondary N) is 1. The molecule has 0 heterocycles. The van der Waals surface area contributed by atoms with Crippen LogP contribution in [-0.4, -0.2) is 38.7 Å². The van der Waals surface area contributed by atoms with E-state index in [4.69, 9.17) is 10.00 Å². The molecule has 0 aliphatic carbocycles. The molecule has 0 saturated carbocycles. The van der Waals surface area contributed by atoms with Crippen molar-refractivity contribution in [2.75, 3.05) is 33.8 Å². The second-order valence-corrected chi connectivity index (χ2v) is 4.78. The number of nitriles is 1. The molecule has 0 fully saturated rings. The molecule has 0 unspecified atom stereocenters. The maximum Gasteiger partial charge on any atom is 0.174 e. The van der Waals surface area contributed by atoms with Crippen LogP contribution in [0.1, 0.15) is 18.4 Å². The summed E-state index contributed by atoms with van der Waals surface area (Å²) >= 11 is 0. The van der Waals surface area contributed by atoms with E-state index in [1.54, 1.807) is 0 Å². The highest BCUT2D eigenvalue weighted by molar-refractivity contribution is 5.27. The van der Waals surface area contributed by atoms with Gasteiger partial charge in [-0.3, -0.25) is 0 Å². The Hall–Kier alpha value is -1.57. The number of nitrogens with zero attached hydrogens (tertiary/aromatic N) is 2. The molecule has 1 aromatic carbocycles. The SMILES string of the molecule is CN(C)CCCCNCc1ccc(OCC#N)cc1. The van der Waals surface area contributed by atoms with Crippen LogP contribution in [-0.2, 0) is 6.54 Å². The van der Waals surface area contributed by atoms with Crippen LogP contribution in [0.25, 0.3) is 0 Å².